The Kier molecular flexibility index (Phi) is 11.7. The second-order valence-corrected chi connectivity index (χ2v) is 7.70. The van der Waals surface area contributed by atoms with Crippen molar-refractivity contribution in [1.29, 1.82) is 0 Å². The molecule has 0 aliphatic carbocycles. The molecule has 17 heteroatoms. The minimum atomic E-state index is -0.735. The second kappa shape index (κ2) is 14.7. The molecule has 0 bridgehead atoms. The van der Waals surface area contributed by atoms with Gasteiger partial charge in [-0.1, -0.05) is 35.3 Å². The number of aromatic nitrogens is 2. The molecule has 188 valence electrons. The molecule has 4 rings (SSSR count). The van der Waals surface area contributed by atoms with Crippen LogP contribution in [0.5, 0.6) is 0 Å². The Balaban J connectivity index is 0.000000203. The van der Waals surface area contributed by atoms with Crippen LogP contribution in [0.25, 0.3) is 0 Å². The van der Waals surface area contributed by atoms with Crippen molar-refractivity contribution in [2.24, 2.45) is 10.2 Å². The van der Waals surface area contributed by atoms with Gasteiger partial charge in [-0.25, -0.2) is 30.2 Å². The Morgan fingerprint density at radius 1 is 0.886 bits per heavy atom. The van der Waals surface area contributed by atoms with Gasteiger partial charge in [0, 0.05) is 51.0 Å². The zero-order valence-electron chi connectivity index (χ0n) is 18.1. The molecule has 0 saturated carbocycles. The topological polar surface area (TPSA) is 176 Å². The molecule has 2 aromatic rings. The summed E-state index contributed by atoms with van der Waals surface area (Å²) in [6, 6.07) is 7.09. The lowest BCUT2D eigenvalue weighted by atomic mass is 10.3. The number of hydrazone groups is 2. The van der Waals surface area contributed by atoms with Gasteiger partial charge in [-0.15, -0.1) is 11.6 Å². The molecule has 2 aliphatic rings. The van der Waals surface area contributed by atoms with Gasteiger partial charge in [-0.2, -0.15) is 0 Å². The Morgan fingerprint density at radius 2 is 1.46 bits per heavy atom. The van der Waals surface area contributed by atoms with Gasteiger partial charge in [-0.05, 0) is 23.3 Å². The highest BCUT2D eigenvalue weighted by Crippen LogP contribution is 2.10. The summed E-state index contributed by atoms with van der Waals surface area (Å²) in [5.41, 5.74) is 1.91. The molecule has 35 heavy (non-hydrogen) atoms. The molecular weight excluding hydrogens is 527 g/mol. The average Bonchev–Trinajstić information content (AvgIpc) is 3.48. The first kappa shape index (κ1) is 27.8. The largest absolute Gasteiger partial charge is 0.349 e. The summed E-state index contributed by atoms with van der Waals surface area (Å²) in [4.78, 5) is 29.6. The number of hydrogen-bond acceptors (Lipinski definition) is 6. The fourth-order valence-corrected chi connectivity index (χ4v) is 3.01. The van der Waals surface area contributed by atoms with Crippen molar-refractivity contribution in [3.8, 4) is 0 Å². The van der Waals surface area contributed by atoms with Crippen molar-refractivity contribution in [2.45, 2.75) is 12.4 Å². The quantitative estimate of drug-likeness (QED) is 0.217. The molecule has 0 atom stereocenters. The van der Waals surface area contributed by atoms with Crippen molar-refractivity contribution in [3.05, 3.63) is 78.3 Å². The van der Waals surface area contributed by atoms with Gasteiger partial charge in [-0.3, -0.25) is 0 Å². The molecule has 0 unspecified atom stereocenters. The maximum atomic E-state index is 10.3. The van der Waals surface area contributed by atoms with Gasteiger partial charge in [0.15, 0.2) is 10.1 Å². The van der Waals surface area contributed by atoms with Crippen molar-refractivity contribution in [2.75, 3.05) is 26.2 Å². The average molecular weight is 548 g/mol. The summed E-state index contributed by atoms with van der Waals surface area (Å²) in [5.74, 6) is 1.02. The highest BCUT2D eigenvalue weighted by molar-refractivity contribution is 6.29. The molecule has 2 fully saturated rings. The SMILES string of the molecule is ClCc1ccc(Cl)nc1.O=[N+]([O-])N=C1NCCN1.O=[N+]([O-])N=C1NCCN1Cc1ccc(Cl)nc1. The zero-order valence-corrected chi connectivity index (χ0v) is 20.4. The molecule has 4 heterocycles. The van der Waals surface area contributed by atoms with Gasteiger partial charge in [0.05, 0.1) is 0 Å². The first-order valence-corrected chi connectivity index (χ1v) is 11.2. The van der Waals surface area contributed by atoms with E-state index in [-0.39, 0.29) is 11.9 Å². The predicted octanol–water partition coefficient (Wildman–Crippen LogP) is 1.89. The van der Waals surface area contributed by atoms with E-state index in [9.17, 15) is 20.2 Å². The van der Waals surface area contributed by atoms with Crippen molar-refractivity contribution in [3.63, 3.8) is 0 Å². The Morgan fingerprint density at radius 3 is 1.94 bits per heavy atom. The normalized spacial score (nSPS) is 15.0. The minimum absolute atomic E-state index is 0.250. The third-order valence-electron chi connectivity index (χ3n) is 4.14. The summed E-state index contributed by atoms with van der Waals surface area (Å²) in [5, 5.41) is 34.0. The van der Waals surface area contributed by atoms with E-state index in [0.717, 1.165) is 11.1 Å². The molecule has 0 radical (unpaired) electrons. The Labute approximate surface area is 214 Å². The van der Waals surface area contributed by atoms with Gasteiger partial charge in [0.2, 0.25) is 0 Å². The molecule has 2 aliphatic heterocycles. The Hall–Kier alpha value is -3.49. The first-order chi connectivity index (χ1) is 16.8. The number of nitrogens with one attached hydrogen (secondary N) is 3. The highest BCUT2D eigenvalue weighted by Gasteiger charge is 2.21. The predicted molar refractivity (Wildman–Crippen MR) is 131 cm³/mol. The van der Waals surface area contributed by atoms with E-state index in [2.05, 4.69) is 36.1 Å². The van der Waals surface area contributed by atoms with Gasteiger partial charge < -0.3 is 20.9 Å². The maximum Gasteiger partial charge on any atom is 0.271 e. The molecule has 14 nitrogen and oxygen atoms in total. The van der Waals surface area contributed by atoms with E-state index in [1.807, 2.05) is 12.1 Å². The third kappa shape index (κ3) is 11.0. The Bertz CT molecular complexity index is 1030. The number of pyridine rings is 2. The zero-order chi connectivity index (χ0) is 25.6. The van der Waals surface area contributed by atoms with Crippen LogP contribution in [-0.4, -0.2) is 63.0 Å². The number of guanidine groups is 2. The summed E-state index contributed by atoms with van der Waals surface area (Å²) in [7, 11) is 0. The molecule has 0 spiro atoms. The smallest absolute Gasteiger partial charge is 0.271 e. The molecule has 2 saturated heterocycles. The van der Waals surface area contributed by atoms with Crippen molar-refractivity contribution >= 4 is 46.7 Å². The fourth-order valence-electron chi connectivity index (χ4n) is 2.63. The molecule has 2 aromatic heterocycles. The summed E-state index contributed by atoms with van der Waals surface area (Å²) >= 11 is 16.7. The van der Waals surface area contributed by atoms with E-state index < -0.39 is 10.1 Å². The van der Waals surface area contributed by atoms with Gasteiger partial charge in [0.1, 0.15) is 20.5 Å². The third-order valence-corrected chi connectivity index (χ3v) is 4.89. The summed E-state index contributed by atoms with van der Waals surface area (Å²) < 4.78 is 0. The van der Waals surface area contributed by atoms with E-state index >= 15 is 0 Å². The van der Waals surface area contributed by atoms with Crippen LogP contribution in [0.3, 0.4) is 0 Å². The van der Waals surface area contributed by atoms with E-state index in [1.54, 1.807) is 29.4 Å². The van der Waals surface area contributed by atoms with Crippen LogP contribution in [0.15, 0.2) is 46.9 Å². The summed E-state index contributed by atoms with van der Waals surface area (Å²) in [6.07, 6.45) is 3.31. The fraction of sp³-hybridized carbons (Fsp3) is 0.333. The minimum Gasteiger partial charge on any atom is -0.349 e. The van der Waals surface area contributed by atoms with Gasteiger partial charge >= 0.3 is 0 Å². The van der Waals surface area contributed by atoms with E-state index in [4.69, 9.17) is 34.8 Å². The van der Waals surface area contributed by atoms with Crippen LogP contribution >= 0.6 is 34.8 Å². The lowest BCUT2D eigenvalue weighted by Gasteiger charge is -2.14. The monoisotopic (exact) mass is 546 g/mol. The number of nitrogens with zero attached hydrogens (tertiary/aromatic N) is 7. The standard InChI is InChI=1S/C9H10ClN5O2.C6H5Cl2N.C3H6N4O2/c10-8-2-1-7(5-12-8)6-14-4-3-11-9(14)13-15(16)17;7-3-5-1-2-6(8)9-4-5;8-7(9)6-3-4-1-2-5-3/h1-2,5H,3-4,6H2,(H,11,13);1-2,4H,3H2;1-2H2,(H2,4,5,6). The lowest BCUT2D eigenvalue weighted by Crippen LogP contribution is -2.30. The number of hydrogen-bond donors (Lipinski definition) is 3. The first-order valence-electron chi connectivity index (χ1n) is 9.96. The number of rotatable bonds is 5. The van der Waals surface area contributed by atoms with Crippen LogP contribution in [0.4, 0.5) is 0 Å². The highest BCUT2D eigenvalue weighted by atomic mass is 35.5. The summed E-state index contributed by atoms with van der Waals surface area (Å²) in [6.45, 7) is 3.24. The van der Waals surface area contributed by atoms with Crippen LogP contribution < -0.4 is 16.0 Å². The number of halogens is 3. The van der Waals surface area contributed by atoms with Crippen molar-refractivity contribution in [1.82, 2.24) is 30.8 Å². The van der Waals surface area contributed by atoms with Gasteiger partial charge in [0.25, 0.3) is 11.9 Å². The molecular formula is C18H21Cl3N10O4. The molecule has 0 aromatic carbocycles. The lowest BCUT2D eigenvalue weighted by molar-refractivity contribution is -0.485. The maximum absolute atomic E-state index is 10.3. The number of nitro groups is 2. The van der Waals surface area contributed by atoms with Crippen LogP contribution in [0.2, 0.25) is 10.3 Å². The van der Waals surface area contributed by atoms with Crippen LogP contribution in [-0.2, 0) is 12.4 Å². The molecule has 0 amide bonds. The van der Waals surface area contributed by atoms with E-state index in [1.165, 1.54) is 0 Å². The molecule has 3 N–H and O–H groups in total. The second-order valence-electron chi connectivity index (χ2n) is 6.66. The van der Waals surface area contributed by atoms with Crippen LogP contribution in [0.1, 0.15) is 11.1 Å². The number of alkyl halides is 1. The van der Waals surface area contributed by atoms with Crippen molar-refractivity contribution < 1.29 is 10.1 Å². The van der Waals surface area contributed by atoms with E-state index in [0.29, 0.717) is 48.9 Å². The van der Waals surface area contributed by atoms with Crippen LogP contribution in [0, 0.1) is 20.2 Å².